The van der Waals surface area contributed by atoms with Crippen molar-refractivity contribution in [2.24, 2.45) is 5.92 Å². The zero-order chi connectivity index (χ0) is 28.3. The largest absolute Gasteiger partial charge is 0.361 e. The van der Waals surface area contributed by atoms with Crippen LogP contribution in [0, 0.1) is 12.8 Å². The van der Waals surface area contributed by atoms with E-state index in [1.807, 2.05) is 54.4 Å². The number of nitrogens with zero attached hydrogens (tertiary/aromatic N) is 2. The zero-order valence-corrected chi connectivity index (χ0v) is 24.8. The maximum atomic E-state index is 13.6. The molecule has 2 aromatic carbocycles. The van der Waals surface area contributed by atoms with Crippen LogP contribution in [-0.4, -0.2) is 66.0 Å². The Morgan fingerprint density at radius 2 is 1.80 bits per heavy atom. The van der Waals surface area contributed by atoms with Gasteiger partial charge in [-0.25, -0.2) is 0 Å². The van der Waals surface area contributed by atoms with Gasteiger partial charge in [-0.3, -0.25) is 14.5 Å². The SMILES string of the molecule is Cc1ccc(N(CCCN2C3CCC2CC(NC(=O)Cc2c[nH]c4ccccc24)C3)C(=O)C2CCNCC2)cc1Cl. The molecule has 6 rings (SSSR count). The van der Waals surface area contributed by atoms with Crippen molar-refractivity contribution in [1.29, 1.82) is 0 Å². The summed E-state index contributed by atoms with van der Waals surface area (Å²) in [7, 11) is 0. The third-order valence-electron chi connectivity index (χ3n) is 9.49. The number of fused-ring (bicyclic) bond motifs is 3. The van der Waals surface area contributed by atoms with Crippen molar-refractivity contribution in [3.8, 4) is 0 Å². The molecule has 8 heteroatoms. The number of piperidine rings is 2. The molecular formula is C33H42ClN5O2. The van der Waals surface area contributed by atoms with Crippen LogP contribution in [0.5, 0.6) is 0 Å². The number of anilines is 1. The van der Waals surface area contributed by atoms with E-state index >= 15 is 0 Å². The van der Waals surface area contributed by atoms with Crippen LogP contribution in [0.15, 0.2) is 48.7 Å². The Morgan fingerprint density at radius 3 is 2.56 bits per heavy atom. The van der Waals surface area contributed by atoms with Crippen molar-refractivity contribution in [2.75, 3.05) is 31.1 Å². The standard InChI is InChI=1S/C33H42ClN5O2/c1-22-7-8-28(20-30(22)34)39(33(41)23-11-13-35-14-12-23)16-4-15-38-26-9-10-27(38)19-25(18-26)37-32(40)17-24-21-36-31-6-3-2-5-29(24)31/h2-3,5-8,20-21,23,25-27,35-36H,4,9-19H2,1H3,(H,37,40). The lowest BCUT2D eigenvalue weighted by molar-refractivity contribution is -0.123. The first-order chi connectivity index (χ1) is 20.0. The van der Waals surface area contributed by atoms with E-state index in [1.165, 1.54) is 12.8 Å². The number of H-pyrrole nitrogens is 1. The van der Waals surface area contributed by atoms with Crippen LogP contribution >= 0.6 is 11.6 Å². The second-order valence-corrected chi connectivity index (χ2v) is 12.6. The van der Waals surface area contributed by atoms with Crippen molar-refractivity contribution >= 4 is 40.0 Å². The van der Waals surface area contributed by atoms with Crippen LogP contribution in [0.1, 0.15) is 56.1 Å². The third kappa shape index (κ3) is 6.32. The fourth-order valence-corrected chi connectivity index (χ4v) is 7.48. The normalized spacial score (nSPS) is 23.1. The Labute approximate surface area is 248 Å². The summed E-state index contributed by atoms with van der Waals surface area (Å²) in [5.74, 6) is 0.401. The molecule has 218 valence electrons. The summed E-state index contributed by atoms with van der Waals surface area (Å²) in [4.78, 5) is 34.5. The fraction of sp³-hybridized carbons (Fsp3) is 0.515. The van der Waals surface area contributed by atoms with Gasteiger partial charge in [0.05, 0.1) is 6.42 Å². The molecule has 0 radical (unpaired) electrons. The molecule has 2 amide bonds. The van der Waals surface area contributed by atoms with Crippen molar-refractivity contribution in [2.45, 2.75) is 76.4 Å². The summed E-state index contributed by atoms with van der Waals surface area (Å²) in [5, 5.41) is 8.55. The van der Waals surface area contributed by atoms with Gasteiger partial charge in [-0.05, 0) is 94.3 Å². The topological polar surface area (TPSA) is 80.5 Å². The number of carbonyl (C=O) groups excluding carboxylic acids is 2. The maximum absolute atomic E-state index is 13.6. The van der Waals surface area contributed by atoms with Crippen LogP contribution in [-0.2, 0) is 16.0 Å². The first kappa shape index (κ1) is 28.3. The Hall–Kier alpha value is -2.87. The van der Waals surface area contributed by atoms with E-state index in [-0.39, 0.29) is 23.8 Å². The molecule has 0 saturated carbocycles. The number of aryl methyl sites for hydroxylation is 1. The summed E-state index contributed by atoms with van der Waals surface area (Å²) in [6, 6.07) is 15.4. The molecule has 7 nitrogen and oxygen atoms in total. The van der Waals surface area contributed by atoms with E-state index in [9.17, 15) is 9.59 Å². The third-order valence-corrected chi connectivity index (χ3v) is 9.90. The number of halogens is 1. The van der Waals surface area contributed by atoms with Crippen LogP contribution in [0.25, 0.3) is 10.9 Å². The van der Waals surface area contributed by atoms with Crippen molar-refractivity contribution in [1.82, 2.24) is 20.5 Å². The minimum Gasteiger partial charge on any atom is -0.361 e. The second-order valence-electron chi connectivity index (χ2n) is 12.2. The summed E-state index contributed by atoms with van der Waals surface area (Å²) in [5.41, 5.74) is 4.06. The maximum Gasteiger partial charge on any atom is 0.230 e. The van der Waals surface area contributed by atoms with Crippen molar-refractivity contribution in [3.05, 3.63) is 64.8 Å². The van der Waals surface area contributed by atoms with Gasteiger partial charge in [0, 0.05) is 64.9 Å². The van der Waals surface area contributed by atoms with Gasteiger partial charge in [-0.2, -0.15) is 0 Å². The lowest BCUT2D eigenvalue weighted by atomic mass is 9.95. The van der Waals surface area contributed by atoms with Gasteiger partial charge in [-0.15, -0.1) is 0 Å². The van der Waals surface area contributed by atoms with Gasteiger partial charge >= 0.3 is 0 Å². The molecular weight excluding hydrogens is 534 g/mol. The number of nitrogens with one attached hydrogen (secondary N) is 3. The molecule has 3 aliphatic rings. The second kappa shape index (κ2) is 12.6. The van der Waals surface area contributed by atoms with Crippen molar-refractivity contribution in [3.63, 3.8) is 0 Å². The van der Waals surface area contributed by atoms with Gasteiger partial charge in [0.1, 0.15) is 0 Å². The molecule has 3 aromatic rings. The van der Waals surface area contributed by atoms with Gasteiger partial charge in [0.2, 0.25) is 11.8 Å². The first-order valence-electron chi connectivity index (χ1n) is 15.3. The Morgan fingerprint density at radius 1 is 1.05 bits per heavy atom. The van der Waals surface area contributed by atoms with Crippen LogP contribution < -0.4 is 15.5 Å². The number of aromatic nitrogens is 1. The molecule has 2 unspecified atom stereocenters. The van der Waals surface area contributed by atoms with Gasteiger partial charge in [-0.1, -0.05) is 35.9 Å². The fourth-order valence-electron chi connectivity index (χ4n) is 7.30. The average molecular weight is 576 g/mol. The highest BCUT2D eigenvalue weighted by Crippen LogP contribution is 2.36. The highest BCUT2D eigenvalue weighted by Gasteiger charge is 2.40. The highest BCUT2D eigenvalue weighted by molar-refractivity contribution is 6.31. The number of rotatable bonds is 9. The number of hydrogen-bond acceptors (Lipinski definition) is 4. The van der Waals surface area contributed by atoms with E-state index in [0.29, 0.717) is 30.1 Å². The summed E-state index contributed by atoms with van der Waals surface area (Å²) in [6.07, 6.45) is 9.44. The highest BCUT2D eigenvalue weighted by atomic mass is 35.5. The lowest BCUT2D eigenvalue weighted by Crippen LogP contribution is -2.51. The zero-order valence-electron chi connectivity index (χ0n) is 24.0. The minimum atomic E-state index is 0.0659. The Balaban J connectivity index is 1.04. The molecule has 1 aromatic heterocycles. The molecule has 2 atom stereocenters. The number of benzene rings is 2. The number of amides is 2. The first-order valence-corrected chi connectivity index (χ1v) is 15.7. The number of carbonyl (C=O) groups is 2. The molecule has 3 fully saturated rings. The van der Waals surface area contributed by atoms with Gasteiger partial charge < -0.3 is 20.5 Å². The Bertz CT molecular complexity index is 1370. The molecule has 3 aliphatic heterocycles. The molecule has 3 N–H and O–H groups in total. The Kier molecular flexibility index (Phi) is 8.65. The number of hydrogen-bond donors (Lipinski definition) is 3. The average Bonchev–Trinajstić information content (AvgIpc) is 3.49. The molecule has 2 bridgehead atoms. The van der Waals surface area contributed by atoms with Crippen LogP contribution in [0.3, 0.4) is 0 Å². The molecule has 0 spiro atoms. The predicted octanol–water partition coefficient (Wildman–Crippen LogP) is 5.21. The van der Waals surface area contributed by atoms with Gasteiger partial charge in [0.25, 0.3) is 0 Å². The summed E-state index contributed by atoms with van der Waals surface area (Å²) >= 11 is 6.48. The lowest BCUT2D eigenvalue weighted by Gasteiger charge is -2.39. The number of aromatic amines is 1. The van der Waals surface area contributed by atoms with Gasteiger partial charge in [0.15, 0.2) is 0 Å². The quantitative estimate of drug-likeness (QED) is 0.327. The smallest absolute Gasteiger partial charge is 0.230 e. The molecule has 0 aliphatic carbocycles. The van der Waals surface area contributed by atoms with E-state index in [4.69, 9.17) is 11.6 Å². The van der Waals surface area contributed by atoms with Crippen LogP contribution in [0.4, 0.5) is 5.69 Å². The van der Waals surface area contributed by atoms with E-state index < -0.39 is 0 Å². The van der Waals surface area contributed by atoms with Crippen LogP contribution in [0.2, 0.25) is 5.02 Å². The monoisotopic (exact) mass is 575 g/mol. The molecule has 4 heterocycles. The predicted molar refractivity (Wildman–Crippen MR) is 165 cm³/mol. The summed E-state index contributed by atoms with van der Waals surface area (Å²) in [6.45, 7) is 5.46. The van der Waals surface area contributed by atoms with E-state index in [0.717, 1.165) is 79.5 Å². The molecule has 41 heavy (non-hydrogen) atoms. The molecule has 3 saturated heterocycles. The minimum absolute atomic E-state index is 0.0659. The van der Waals surface area contributed by atoms with E-state index in [1.54, 1.807) is 0 Å². The van der Waals surface area contributed by atoms with E-state index in [2.05, 4.69) is 26.6 Å². The summed E-state index contributed by atoms with van der Waals surface area (Å²) < 4.78 is 0. The van der Waals surface area contributed by atoms with Crippen molar-refractivity contribution < 1.29 is 9.59 Å². The number of para-hydroxylation sites is 1.